The van der Waals surface area contributed by atoms with E-state index in [0.717, 1.165) is 18.7 Å². The zero-order valence-corrected chi connectivity index (χ0v) is 11.8. The molecule has 0 unspecified atom stereocenters. The van der Waals surface area contributed by atoms with Gasteiger partial charge >= 0.3 is 0 Å². The number of hydrogen-bond donors (Lipinski definition) is 0. The van der Waals surface area contributed by atoms with Crippen molar-refractivity contribution in [3.63, 3.8) is 0 Å². The van der Waals surface area contributed by atoms with E-state index < -0.39 is 0 Å². The van der Waals surface area contributed by atoms with E-state index in [1.54, 1.807) is 12.1 Å². The highest BCUT2D eigenvalue weighted by Gasteiger charge is 2.19. The fraction of sp³-hybridized carbons (Fsp3) is 0.222. The zero-order chi connectivity index (χ0) is 14.5. The van der Waals surface area contributed by atoms with Gasteiger partial charge in [0, 0.05) is 13.1 Å². The van der Waals surface area contributed by atoms with E-state index in [-0.39, 0.29) is 11.9 Å². The van der Waals surface area contributed by atoms with Crippen molar-refractivity contribution in [2.45, 2.75) is 6.10 Å². The molecule has 0 radical (unpaired) electrons. The molecule has 0 aromatic heterocycles. The van der Waals surface area contributed by atoms with Crippen LogP contribution in [0.15, 0.2) is 60.8 Å². The molecule has 0 N–H and O–H groups in total. The molecule has 1 fully saturated rings. The minimum atomic E-state index is -0.213. The molecule has 1 heterocycles. The van der Waals surface area contributed by atoms with Crippen LogP contribution >= 0.6 is 0 Å². The van der Waals surface area contributed by atoms with Crippen LogP contribution in [0.3, 0.4) is 0 Å². The second-order valence-electron chi connectivity index (χ2n) is 5.13. The van der Waals surface area contributed by atoms with Crippen molar-refractivity contribution in [3.05, 3.63) is 77.7 Å². The predicted octanol–water partition coefficient (Wildman–Crippen LogP) is 3.87. The lowest BCUT2D eigenvalue weighted by molar-refractivity contribution is -0.0135. The lowest BCUT2D eigenvalue weighted by Crippen LogP contribution is -2.34. The summed E-state index contributed by atoms with van der Waals surface area (Å²) >= 11 is 0. The highest BCUT2D eigenvalue weighted by molar-refractivity contribution is 5.48. The van der Waals surface area contributed by atoms with Gasteiger partial charge in [-0.3, -0.25) is 0 Å². The summed E-state index contributed by atoms with van der Waals surface area (Å²) in [6, 6.07) is 16.8. The molecule has 0 aliphatic carbocycles. The normalized spacial score (nSPS) is 19.1. The first kappa shape index (κ1) is 13.8. The predicted molar refractivity (Wildman–Crippen MR) is 82.1 cm³/mol. The van der Waals surface area contributed by atoms with Crippen LogP contribution in [0.2, 0.25) is 0 Å². The Balaban J connectivity index is 1.66. The van der Waals surface area contributed by atoms with Gasteiger partial charge in [0.2, 0.25) is 0 Å². The number of nitrogens with zero attached hydrogens (tertiary/aromatic N) is 1. The lowest BCUT2D eigenvalue weighted by Gasteiger charge is -2.32. The van der Waals surface area contributed by atoms with Crippen molar-refractivity contribution < 1.29 is 9.13 Å². The fourth-order valence-corrected chi connectivity index (χ4v) is 2.44. The lowest BCUT2D eigenvalue weighted by atomic mass is 10.1. The Morgan fingerprint density at radius 2 is 1.81 bits per heavy atom. The molecule has 1 aliphatic rings. The van der Waals surface area contributed by atoms with Crippen LogP contribution in [0.5, 0.6) is 0 Å². The molecular weight excluding hydrogens is 265 g/mol. The second kappa shape index (κ2) is 6.55. The van der Waals surface area contributed by atoms with Crippen LogP contribution in [0, 0.1) is 5.82 Å². The molecule has 0 amide bonds. The summed E-state index contributed by atoms with van der Waals surface area (Å²) in [7, 11) is 0. The average Bonchev–Trinajstić information content (AvgIpc) is 2.55. The molecule has 2 aromatic carbocycles. The first-order valence-electron chi connectivity index (χ1n) is 7.15. The van der Waals surface area contributed by atoms with Gasteiger partial charge in [-0.25, -0.2) is 4.39 Å². The van der Waals surface area contributed by atoms with E-state index in [4.69, 9.17) is 4.74 Å². The van der Waals surface area contributed by atoms with Crippen LogP contribution in [-0.2, 0) is 4.74 Å². The molecule has 1 aliphatic heterocycles. The third-order valence-electron chi connectivity index (χ3n) is 3.62. The summed E-state index contributed by atoms with van der Waals surface area (Å²) < 4.78 is 18.8. The van der Waals surface area contributed by atoms with E-state index in [1.165, 1.54) is 17.7 Å². The van der Waals surface area contributed by atoms with Crippen molar-refractivity contribution in [1.29, 1.82) is 0 Å². The van der Waals surface area contributed by atoms with E-state index in [0.29, 0.717) is 6.61 Å². The zero-order valence-electron chi connectivity index (χ0n) is 11.8. The van der Waals surface area contributed by atoms with Crippen LogP contribution in [0.1, 0.15) is 17.2 Å². The van der Waals surface area contributed by atoms with Gasteiger partial charge in [-0.2, -0.15) is 0 Å². The maximum Gasteiger partial charge on any atom is 0.123 e. The van der Waals surface area contributed by atoms with Crippen molar-refractivity contribution in [2.75, 3.05) is 19.7 Å². The Hall–Kier alpha value is -2.13. The molecule has 2 nitrogen and oxygen atoms in total. The highest BCUT2D eigenvalue weighted by atomic mass is 19.1. The number of hydrogen-bond acceptors (Lipinski definition) is 2. The van der Waals surface area contributed by atoms with Crippen molar-refractivity contribution >= 4 is 6.08 Å². The second-order valence-corrected chi connectivity index (χ2v) is 5.13. The molecule has 3 heteroatoms. The third-order valence-corrected chi connectivity index (χ3v) is 3.62. The van der Waals surface area contributed by atoms with E-state index in [2.05, 4.69) is 29.3 Å². The summed E-state index contributed by atoms with van der Waals surface area (Å²) in [6.45, 7) is 2.34. The summed E-state index contributed by atoms with van der Waals surface area (Å²) in [5.74, 6) is -0.213. The van der Waals surface area contributed by atoms with Gasteiger partial charge in [-0.15, -0.1) is 0 Å². The molecule has 0 spiro atoms. The van der Waals surface area contributed by atoms with Crippen LogP contribution in [-0.4, -0.2) is 24.6 Å². The molecule has 0 saturated carbocycles. The SMILES string of the molecule is Fc1ccc([C@@H]2CN(C=Cc3ccccc3)CCO2)cc1. The Labute approximate surface area is 124 Å². The molecule has 21 heavy (non-hydrogen) atoms. The molecule has 3 rings (SSSR count). The van der Waals surface area contributed by atoms with Gasteiger partial charge in [0.05, 0.1) is 12.7 Å². The van der Waals surface area contributed by atoms with Crippen molar-refractivity contribution in [1.82, 2.24) is 4.90 Å². The maximum absolute atomic E-state index is 13.0. The Morgan fingerprint density at radius 1 is 1.05 bits per heavy atom. The Morgan fingerprint density at radius 3 is 2.57 bits per heavy atom. The van der Waals surface area contributed by atoms with Gasteiger partial charge in [-0.1, -0.05) is 42.5 Å². The number of rotatable bonds is 3. The average molecular weight is 283 g/mol. The van der Waals surface area contributed by atoms with E-state index in [1.807, 2.05) is 18.2 Å². The number of ether oxygens (including phenoxy) is 1. The smallest absolute Gasteiger partial charge is 0.123 e. The van der Waals surface area contributed by atoms with Crippen molar-refractivity contribution in [2.24, 2.45) is 0 Å². The minimum Gasteiger partial charge on any atom is -0.372 e. The molecule has 2 aromatic rings. The first-order chi connectivity index (χ1) is 10.3. The molecule has 0 bridgehead atoms. The van der Waals surface area contributed by atoms with E-state index in [9.17, 15) is 4.39 Å². The van der Waals surface area contributed by atoms with Gasteiger partial charge in [-0.05, 0) is 35.5 Å². The number of halogens is 1. The molecule has 1 atom stereocenters. The van der Waals surface area contributed by atoms with Gasteiger partial charge in [0.1, 0.15) is 5.82 Å². The monoisotopic (exact) mass is 283 g/mol. The summed E-state index contributed by atoms with van der Waals surface area (Å²) in [5, 5.41) is 0. The number of benzene rings is 2. The fourth-order valence-electron chi connectivity index (χ4n) is 2.44. The highest BCUT2D eigenvalue weighted by Crippen LogP contribution is 2.22. The molecular formula is C18H18FNO. The standard InChI is InChI=1S/C18H18FNO/c19-17-8-6-16(7-9-17)18-14-20(12-13-21-18)11-10-15-4-2-1-3-5-15/h1-11,18H,12-14H2/t18-/m0/s1. The van der Waals surface area contributed by atoms with Crippen LogP contribution < -0.4 is 0 Å². The third kappa shape index (κ3) is 3.70. The van der Waals surface area contributed by atoms with Gasteiger partial charge < -0.3 is 9.64 Å². The van der Waals surface area contributed by atoms with Crippen LogP contribution in [0.4, 0.5) is 4.39 Å². The van der Waals surface area contributed by atoms with Gasteiger partial charge in [0.15, 0.2) is 0 Å². The summed E-state index contributed by atoms with van der Waals surface area (Å²) in [4.78, 5) is 2.24. The van der Waals surface area contributed by atoms with Crippen LogP contribution in [0.25, 0.3) is 6.08 Å². The summed E-state index contributed by atoms with van der Waals surface area (Å²) in [6.07, 6.45) is 4.21. The van der Waals surface area contributed by atoms with Gasteiger partial charge in [0.25, 0.3) is 0 Å². The topological polar surface area (TPSA) is 12.5 Å². The Kier molecular flexibility index (Phi) is 4.31. The Bertz CT molecular complexity index is 594. The van der Waals surface area contributed by atoms with Crippen molar-refractivity contribution in [3.8, 4) is 0 Å². The molecule has 108 valence electrons. The molecule has 1 saturated heterocycles. The number of morpholine rings is 1. The van der Waals surface area contributed by atoms with E-state index >= 15 is 0 Å². The maximum atomic E-state index is 13.0. The quantitative estimate of drug-likeness (QED) is 0.848. The summed E-state index contributed by atoms with van der Waals surface area (Å²) in [5.41, 5.74) is 2.21. The minimum absolute atomic E-state index is 0.000210. The largest absolute Gasteiger partial charge is 0.372 e. The first-order valence-corrected chi connectivity index (χ1v) is 7.15.